The highest BCUT2D eigenvalue weighted by atomic mass is 14.9. The van der Waals surface area contributed by atoms with Crippen LogP contribution in [0.4, 0.5) is 0 Å². The molecule has 0 saturated heterocycles. The molecule has 0 aliphatic rings. The molecule has 4 aromatic heterocycles. The van der Waals surface area contributed by atoms with E-state index in [1.165, 1.54) is 95.5 Å². The lowest BCUT2D eigenvalue weighted by Gasteiger charge is -2.09. The predicted octanol–water partition coefficient (Wildman–Crippen LogP) is 9.64. The third-order valence-corrected chi connectivity index (χ3v) is 7.67. The molecular formula is C36H47N4+. The van der Waals surface area contributed by atoms with Crippen LogP contribution in [0.2, 0.25) is 0 Å². The molecule has 0 saturated carbocycles. The van der Waals surface area contributed by atoms with E-state index in [1.807, 2.05) is 48.8 Å². The topological polar surface area (TPSA) is 42.5 Å². The zero-order valence-electron chi connectivity index (χ0n) is 24.5. The number of pyridine rings is 4. The van der Waals surface area contributed by atoms with Gasteiger partial charge in [-0.25, -0.2) is 9.55 Å². The van der Waals surface area contributed by atoms with Crippen LogP contribution in [-0.2, 0) is 6.54 Å². The van der Waals surface area contributed by atoms with E-state index in [0.717, 1.165) is 34.9 Å². The van der Waals surface area contributed by atoms with Crippen LogP contribution in [0.3, 0.4) is 0 Å². The number of aromatic nitrogens is 4. The summed E-state index contributed by atoms with van der Waals surface area (Å²) < 4.78 is 2.31. The highest BCUT2D eigenvalue weighted by molar-refractivity contribution is 5.74. The lowest BCUT2D eigenvalue weighted by molar-refractivity contribution is -0.697. The molecule has 0 aliphatic carbocycles. The molecule has 4 aromatic rings. The van der Waals surface area contributed by atoms with Gasteiger partial charge in [0.15, 0.2) is 12.4 Å². The van der Waals surface area contributed by atoms with Crippen LogP contribution < -0.4 is 4.57 Å². The Bertz CT molecular complexity index is 1170. The lowest BCUT2D eigenvalue weighted by Crippen LogP contribution is -2.32. The molecule has 0 radical (unpaired) electrons. The van der Waals surface area contributed by atoms with Crippen LogP contribution >= 0.6 is 0 Å². The van der Waals surface area contributed by atoms with Crippen molar-refractivity contribution >= 4 is 0 Å². The summed E-state index contributed by atoms with van der Waals surface area (Å²) in [5.41, 5.74) is 5.75. The van der Waals surface area contributed by atoms with E-state index in [0.29, 0.717) is 0 Å². The Kier molecular flexibility index (Phi) is 12.8. The number of unbranched alkanes of at least 4 members (excludes halogenated alkanes) is 13. The van der Waals surface area contributed by atoms with Crippen molar-refractivity contribution in [2.24, 2.45) is 0 Å². The molecule has 0 bridgehead atoms. The summed E-state index contributed by atoms with van der Waals surface area (Å²) in [5, 5.41) is 0. The fraction of sp³-hybridized carbons (Fsp3) is 0.444. The molecule has 0 unspecified atom stereocenters. The van der Waals surface area contributed by atoms with Gasteiger partial charge in [-0.3, -0.25) is 9.97 Å². The van der Waals surface area contributed by atoms with E-state index in [9.17, 15) is 0 Å². The van der Waals surface area contributed by atoms with Crippen LogP contribution in [-0.4, -0.2) is 15.0 Å². The summed E-state index contributed by atoms with van der Waals surface area (Å²) in [5.74, 6) is 0. The molecular weight excluding hydrogens is 488 g/mol. The molecule has 0 atom stereocenters. The quantitative estimate of drug-likeness (QED) is 0.0940. The summed E-state index contributed by atoms with van der Waals surface area (Å²) in [7, 11) is 0. The predicted molar refractivity (Wildman–Crippen MR) is 167 cm³/mol. The van der Waals surface area contributed by atoms with Gasteiger partial charge in [0.2, 0.25) is 0 Å². The minimum absolute atomic E-state index is 0.859. The molecule has 40 heavy (non-hydrogen) atoms. The normalized spacial score (nSPS) is 11.1. The second-order valence-electron chi connectivity index (χ2n) is 11.0. The van der Waals surface area contributed by atoms with E-state index in [-0.39, 0.29) is 0 Å². The summed E-state index contributed by atoms with van der Waals surface area (Å²) in [4.78, 5) is 14.0. The van der Waals surface area contributed by atoms with Crippen LogP contribution in [0.25, 0.3) is 33.9 Å². The molecule has 0 aromatic carbocycles. The highest BCUT2D eigenvalue weighted by Gasteiger charge is 2.11. The molecule has 0 aliphatic heterocycles. The van der Waals surface area contributed by atoms with Gasteiger partial charge in [0.05, 0.1) is 22.8 Å². The van der Waals surface area contributed by atoms with Gasteiger partial charge in [-0.15, -0.1) is 0 Å². The van der Waals surface area contributed by atoms with Gasteiger partial charge >= 0.3 is 0 Å². The summed E-state index contributed by atoms with van der Waals surface area (Å²) in [6, 6.07) is 20.5. The number of rotatable bonds is 18. The fourth-order valence-corrected chi connectivity index (χ4v) is 5.28. The molecule has 210 valence electrons. The molecule has 0 N–H and O–H groups in total. The van der Waals surface area contributed by atoms with Gasteiger partial charge in [0, 0.05) is 30.9 Å². The Morgan fingerprint density at radius 2 is 0.975 bits per heavy atom. The Hall–Kier alpha value is -3.40. The SMILES string of the molecule is CCCCCCCCCCCCCCCC[n+]1ccc(-c2cc(-c3ccccn3)nc(-c3ccccn3)c2)cc1. The van der Waals surface area contributed by atoms with Crippen molar-refractivity contribution < 1.29 is 4.57 Å². The van der Waals surface area contributed by atoms with Gasteiger partial charge in [0.25, 0.3) is 0 Å². The standard InChI is InChI=1S/C36H47N4/c1-2-3-4-5-6-7-8-9-10-11-12-13-14-19-26-40-27-22-31(23-28-40)32-29-35(33-20-15-17-24-37-33)39-36(30-32)34-21-16-18-25-38-34/h15-18,20-25,27-30H,2-14,19,26H2,1H3/q+1. The summed E-state index contributed by atoms with van der Waals surface area (Å²) in [6.07, 6.45) is 27.6. The molecule has 4 nitrogen and oxygen atoms in total. The largest absolute Gasteiger partial charge is 0.255 e. The first-order valence-corrected chi connectivity index (χ1v) is 15.7. The monoisotopic (exact) mass is 535 g/mol. The Labute approximate surface area is 242 Å². The summed E-state index contributed by atoms with van der Waals surface area (Å²) >= 11 is 0. The molecule has 0 fully saturated rings. The van der Waals surface area contributed by atoms with Crippen molar-refractivity contribution in [3.8, 4) is 33.9 Å². The first-order valence-electron chi connectivity index (χ1n) is 15.7. The highest BCUT2D eigenvalue weighted by Crippen LogP contribution is 2.28. The number of aryl methyl sites for hydroxylation is 1. The zero-order valence-corrected chi connectivity index (χ0v) is 24.5. The average Bonchev–Trinajstić information content (AvgIpc) is 3.02. The third kappa shape index (κ3) is 9.97. The molecule has 0 amide bonds. The van der Waals surface area contributed by atoms with Crippen molar-refractivity contribution in [1.29, 1.82) is 0 Å². The van der Waals surface area contributed by atoms with Crippen LogP contribution in [0.5, 0.6) is 0 Å². The van der Waals surface area contributed by atoms with Gasteiger partial charge in [-0.2, -0.15) is 0 Å². The second kappa shape index (κ2) is 17.3. The van der Waals surface area contributed by atoms with Gasteiger partial charge < -0.3 is 0 Å². The van der Waals surface area contributed by atoms with Gasteiger partial charge in [-0.1, -0.05) is 96.1 Å². The number of hydrogen-bond donors (Lipinski definition) is 0. The Morgan fingerprint density at radius 3 is 1.43 bits per heavy atom. The Morgan fingerprint density at radius 1 is 0.500 bits per heavy atom. The molecule has 4 heteroatoms. The van der Waals surface area contributed by atoms with E-state index < -0.39 is 0 Å². The maximum absolute atomic E-state index is 4.89. The van der Waals surface area contributed by atoms with E-state index in [4.69, 9.17) is 4.98 Å². The zero-order chi connectivity index (χ0) is 27.7. The van der Waals surface area contributed by atoms with Crippen molar-refractivity contribution in [2.75, 3.05) is 0 Å². The number of hydrogen-bond acceptors (Lipinski definition) is 3. The third-order valence-electron chi connectivity index (χ3n) is 7.67. The Balaban J connectivity index is 1.22. The maximum atomic E-state index is 4.89. The minimum Gasteiger partial charge on any atom is -0.255 e. The van der Waals surface area contributed by atoms with Crippen LogP contribution in [0.1, 0.15) is 96.8 Å². The van der Waals surface area contributed by atoms with E-state index >= 15 is 0 Å². The fourth-order valence-electron chi connectivity index (χ4n) is 5.28. The summed E-state index contributed by atoms with van der Waals surface area (Å²) in [6.45, 7) is 3.37. The van der Waals surface area contributed by atoms with Gasteiger partial charge in [-0.05, 0) is 53.9 Å². The van der Waals surface area contributed by atoms with Crippen LogP contribution in [0.15, 0.2) is 85.5 Å². The smallest absolute Gasteiger partial charge is 0.169 e. The van der Waals surface area contributed by atoms with Crippen LogP contribution in [0, 0.1) is 0 Å². The van der Waals surface area contributed by atoms with Crippen molar-refractivity contribution in [2.45, 2.75) is 103 Å². The van der Waals surface area contributed by atoms with Crippen molar-refractivity contribution in [3.63, 3.8) is 0 Å². The molecule has 4 heterocycles. The maximum Gasteiger partial charge on any atom is 0.169 e. The molecule has 0 spiro atoms. The minimum atomic E-state index is 0.859. The van der Waals surface area contributed by atoms with Crippen molar-refractivity contribution in [1.82, 2.24) is 15.0 Å². The van der Waals surface area contributed by atoms with Gasteiger partial charge in [0.1, 0.15) is 6.54 Å². The van der Waals surface area contributed by atoms with E-state index in [2.05, 4.69) is 58.1 Å². The first kappa shape index (κ1) is 29.6. The first-order chi connectivity index (χ1) is 19.8. The average molecular weight is 536 g/mol. The lowest BCUT2D eigenvalue weighted by atomic mass is 10.0. The van der Waals surface area contributed by atoms with E-state index in [1.54, 1.807) is 0 Å². The molecule has 4 rings (SSSR count). The second-order valence-corrected chi connectivity index (χ2v) is 11.0. The number of nitrogens with zero attached hydrogens (tertiary/aromatic N) is 4. The van der Waals surface area contributed by atoms with Crippen molar-refractivity contribution in [3.05, 3.63) is 85.5 Å².